The van der Waals surface area contributed by atoms with Gasteiger partial charge in [0, 0.05) is 0 Å². The second kappa shape index (κ2) is 5.52. The number of rotatable bonds is 3. The van der Waals surface area contributed by atoms with Gasteiger partial charge in [-0.1, -0.05) is 18.2 Å². The molecule has 0 atom stereocenters. The first kappa shape index (κ1) is 13.1. The van der Waals surface area contributed by atoms with Gasteiger partial charge in [0.15, 0.2) is 0 Å². The Labute approximate surface area is 110 Å². The molecule has 98 valence electrons. The quantitative estimate of drug-likeness (QED) is 0.860. The molecule has 0 unspecified atom stereocenters. The Hall–Kier alpha value is -2.36. The predicted octanol–water partition coefficient (Wildman–Crippen LogP) is 3.38. The van der Waals surface area contributed by atoms with E-state index in [0.29, 0.717) is 5.56 Å². The fraction of sp³-hybridized carbons (Fsp3) is 0.133. The Balaban J connectivity index is 2.40. The number of aromatic hydroxyl groups is 1. The molecule has 2 rings (SSSR count). The number of ether oxygens (including phenoxy) is 1. The average Bonchev–Trinajstić information content (AvgIpc) is 2.40. The van der Waals surface area contributed by atoms with Crippen molar-refractivity contribution < 1.29 is 19.0 Å². The molecule has 0 fully saturated rings. The zero-order chi connectivity index (χ0) is 13.8. The van der Waals surface area contributed by atoms with Crippen molar-refractivity contribution in [2.24, 2.45) is 0 Å². The second-order valence-electron chi connectivity index (χ2n) is 3.96. The van der Waals surface area contributed by atoms with E-state index in [1.807, 2.05) is 0 Å². The number of carbonyl (C=O) groups is 1. The minimum absolute atomic E-state index is 0.101. The molecule has 0 saturated heterocycles. The van der Waals surface area contributed by atoms with Gasteiger partial charge in [-0.15, -0.1) is 0 Å². The van der Waals surface area contributed by atoms with Crippen LogP contribution in [-0.4, -0.2) is 17.7 Å². The van der Waals surface area contributed by atoms with Crippen molar-refractivity contribution in [1.29, 1.82) is 0 Å². The third kappa shape index (κ3) is 2.91. The first-order valence-corrected chi connectivity index (χ1v) is 5.88. The monoisotopic (exact) mass is 260 g/mol. The number of benzene rings is 2. The largest absolute Gasteiger partial charge is 0.507 e. The van der Waals surface area contributed by atoms with E-state index in [-0.39, 0.29) is 23.7 Å². The Morgan fingerprint density at radius 1 is 1.16 bits per heavy atom. The summed E-state index contributed by atoms with van der Waals surface area (Å²) < 4.78 is 17.7. The van der Waals surface area contributed by atoms with Crippen LogP contribution in [0.5, 0.6) is 5.75 Å². The van der Waals surface area contributed by atoms with Gasteiger partial charge < -0.3 is 9.84 Å². The summed E-state index contributed by atoms with van der Waals surface area (Å²) in [7, 11) is 0. The highest BCUT2D eigenvalue weighted by atomic mass is 19.1. The summed E-state index contributed by atoms with van der Waals surface area (Å²) in [6, 6.07) is 10.5. The molecule has 1 N–H and O–H groups in total. The van der Waals surface area contributed by atoms with Crippen molar-refractivity contribution in [3.63, 3.8) is 0 Å². The van der Waals surface area contributed by atoms with Gasteiger partial charge in [0.25, 0.3) is 0 Å². The fourth-order valence-corrected chi connectivity index (χ4v) is 1.73. The molecule has 0 aromatic heterocycles. The third-order valence-electron chi connectivity index (χ3n) is 2.67. The lowest BCUT2D eigenvalue weighted by molar-refractivity contribution is 0.0523. The molecule has 0 spiro atoms. The normalized spacial score (nSPS) is 10.2. The van der Waals surface area contributed by atoms with Crippen LogP contribution in [0, 0.1) is 5.82 Å². The van der Waals surface area contributed by atoms with Gasteiger partial charge in [-0.3, -0.25) is 0 Å². The lowest BCUT2D eigenvalue weighted by atomic mass is 10.0. The van der Waals surface area contributed by atoms with E-state index in [1.165, 1.54) is 24.3 Å². The third-order valence-corrected chi connectivity index (χ3v) is 2.67. The molecule has 2 aromatic carbocycles. The summed E-state index contributed by atoms with van der Waals surface area (Å²) >= 11 is 0. The predicted molar refractivity (Wildman–Crippen MR) is 69.5 cm³/mol. The molecule has 3 nitrogen and oxygen atoms in total. The van der Waals surface area contributed by atoms with Crippen molar-refractivity contribution in [3.8, 4) is 16.9 Å². The highest BCUT2D eigenvalue weighted by molar-refractivity contribution is 5.94. The van der Waals surface area contributed by atoms with Gasteiger partial charge >= 0.3 is 5.97 Å². The minimum atomic E-state index is -0.580. The summed E-state index contributed by atoms with van der Waals surface area (Å²) in [4.78, 5) is 11.7. The van der Waals surface area contributed by atoms with Gasteiger partial charge in [-0.2, -0.15) is 0 Å². The van der Waals surface area contributed by atoms with E-state index in [1.54, 1.807) is 25.1 Å². The molecule has 0 amide bonds. The van der Waals surface area contributed by atoms with E-state index in [0.717, 1.165) is 5.56 Å². The van der Waals surface area contributed by atoms with Crippen LogP contribution in [0.4, 0.5) is 4.39 Å². The molecule has 0 saturated carbocycles. The highest BCUT2D eigenvalue weighted by Gasteiger charge is 2.13. The van der Waals surface area contributed by atoms with Crippen molar-refractivity contribution in [1.82, 2.24) is 0 Å². The van der Waals surface area contributed by atoms with Gasteiger partial charge in [-0.25, -0.2) is 9.18 Å². The van der Waals surface area contributed by atoms with E-state index >= 15 is 0 Å². The lowest BCUT2D eigenvalue weighted by Crippen LogP contribution is -2.05. The van der Waals surface area contributed by atoms with Gasteiger partial charge in [0.2, 0.25) is 0 Å². The first-order chi connectivity index (χ1) is 9.11. The topological polar surface area (TPSA) is 46.5 Å². The summed E-state index contributed by atoms with van der Waals surface area (Å²) in [5.41, 5.74) is 1.57. The second-order valence-corrected chi connectivity index (χ2v) is 3.96. The minimum Gasteiger partial charge on any atom is -0.507 e. The van der Waals surface area contributed by atoms with Crippen LogP contribution >= 0.6 is 0 Å². The smallest absolute Gasteiger partial charge is 0.341 e. The van der Waals surface area contributed by atoms with Crippen LogP contribution in [0.25, 0.3) is 11.1 Å². The molecular formula is C15H13FO3. The van der Waals surface area contributed by atoms with E-state index < -0.39 is 5.97 Å². The van der Waals surface area contributed by atoms with Crippen LogP contribution in [0.15, 0.2) is 42.5 Å². The molecule has 0 aliphatic heterocycles. The number of carbonyl (C=O) groups excluding carboxylic acids is 1. The number of esters is 1. The molecule has 19 heavy (non-hydrogen) atoms. The average molecular weight is 260 g/mol. The van der Waals surface area contributed by atoms with Crippen molar-refractivity contribution in [2.45, 2.75) is 6.92 Å². The first-order valence-electron chi connectivity index (χ1n) is 5.88. The number of phenols is 1. The Kier molecular flexibility index (Phi) is 3.80. The van der Waals surface area contributed by atoms with E-state index in [2.05, 4.69) is 0 Å². The SMILES string of the molecule is CCOC(=O)c1cc(-c2ccc(F)cc2)ccc1O. The van der Waals surface area contributed by atoms with Crippen LogP contribution in [0.3, 0.4) is 0 Å². The molecular weight excluding hydrogens is 247 g/mol. The fourth-order valence-electron chi connectivity index (χ4n) is 1.73. The maximum Gasteiger partial charge on any atom is 0.341 e. The van der Waals surface area contributed by atoms with Crippen LogP contribution in [0.1, 0.15) is 17.3 Å². The molecule has 0 bridgehead atoms. The standard InChI is InChI=1S/C15H13FO3/c1-2-19-15(18)13-9-11(5-8-14(13)17)10-3-6-12(16)7-4-10/h3-9,17H,2H2,1H3. The number of phenolic OH excluding ortho intramolecular Hbond substituents is 1. The number of hydrogen-bond donors (Lipinski definition) is 1. The van der Waals surface area contributed by atoms with E-state index in [4.69, 9.17) is 4.74 Å². The maximum absolute atomic E-state index is 12.9. The Bertz CT molecular complexity index is 591. The number of halogens is 1. The molecule has 0 heterocycles. The van der Waals surface area contributed by atoms with Crippen molar-refractivity contribution >= 4 is 5.97 Å². The van der Waals surface area contributed by atoms with Crippen LogP contribution < -0.4 is 0 Å². The summed E-state index contributed by atoms with van der Waals surface area (Å²) in [5.74, 6) is -1.04. The molecule has 0 radical (unpaired) electrons. The summed E-state index contributed by atoms with van der Waals surface area (Å²) in [6.45, 7) is 1.93. The Morgan fingerprint density at radius 3 is 2.42 bits per heavy atom. The zero-order valence-corrected chi connectivity index (χ0v) is 10.4. The maximum atomic E-state index is 12.9. The molecule has 4 heteroatoms. The summed E-state index contributed by atoms with van der Waals surface area (Å²) in [5, 5.41) is 9.66. The van der Waals surface area contributed by atoms with Crippen molar-refractivity contribution in [2.75, 3.05) is 6.61 Å². The zero-order valence-electron chi connectivity index (χ0n) is 10.4. The number of hydrogen-bond acceptors (Lipinski definition) is 3. The molecule has 0 aliphatic rings. The van der Waals surface area contributed by atoms with Crippen molar-refractivity contribution in [3.05, 3.63) is 53.8 Å². The van der Waals surface area contributed by atoms with Gasteiger partial charge in [0.1, 0.15) is 17.1 Å². The molecule has 2 aromatic rings. The van der Waals surface area contributed by atoms with Crippen LogP contribution in [-0.2, 0) is 4.74 Å². The van der Waals surface area contributed by atoms with Gasteiger partial charge in [0.05, 0.1) is 6.61 Å². The van der Waals surface area contributed by atoms with E-state index in [9.17, 15) is 14.3 Å². The van der Waals surface area contributed by atoms with Crippen LogP contribution in [0.2, 0.25) is 0 Å². The summed E-state index contributed by atoms with van der Waals surface area (Å²) in [6.07, 6.45) is 0. The highest BCUT2D eigenvalue weighted by Crippen LogP contribution is 2.26. The lowest BCUT2D eigenvalue weighted by Gasteiger charge is -2.07. The molecule has 0 aliphatic carbocycles. The Morgan fingerprint density at radius 2 is 1.79 bits per heavy atom. The van der Waals surface area contributed by atoms with Gasteiger partial charge in [-0.05, 0) is 42.3 Å².